The molecular weight excluding hydrogens is 304 g/mol. The number of rotatable bonds is 4. The number of pyridine rings is 1. The molecule has 0 saturated carbocycles. The Hall–Kier alpha value is -2.13. The molecule has 2 aliphatic heterocycles. The molecule has 1 aromatic rings. The number of ether oxygens (including phenoxy) is 1. The number of carbonyl (C=O) groups excluding carboxylic acids is 1. The van der Waals surface area contributed by atoms with Crippen LogP contribution in [-0.4, -0.2) is 48.1 Å². The molecule has 3 heterocycles. The van der Waals surface area contributed by atoms with Crippen LogP contribution in [0.3, 0.4) is 0 Å². The van der Waals surface area contributed by atoms with Gasteiger partial charge in [0, 0.05) is 12.7 Å². The zero-order valence-electron chi connectivity index (χ0n) is 13.9. The molecule has 1 unspecified atom stereocenters. The minimum atomic E-state index is 0.0374. The Morgan fingerprint density at radius 2 is 2.17 bits per heavy atom. The van der Waals surface area contributed by atoms with Gasteiger partial charge in [-0.2, -0.15) is 5.26 Å². The molecule has 2 aliphatic rings. The lowest BCUT2D eigenvalue weighted by atomic mass is 9.95. The zero-order chi connectivity index (χ0) is 16.8. The van der Waals surface area contributed by atoms with Gasteiger partial charge in [-0.3, -0.25) is 9.69 Å². The summed E-state index contributed by atoms with van der Waals surface area (Å²) in [6.45, 7) is 3.25. The van der Waals surface area contributed by atoms with E-state index in [9.17, 15) is 4.79 Å². The molecule has 6 nitrogen and oxygen atoms in total. The van der Waals surface area contributed by atoms with Crippen molar-refractivity contribution in [3.63, 3.8) is 0 Å². The standard InChI is InChI=1S/C18H24N4O2/c19-12-15-4-3-9-21-18(15)24-13-14-6-10-22(11-7-14)16-5-1-2-8-20-17(16)23/h3-4,9,14,16H,1-2,5-8,10-11,13H2,(H,20,23). The first-order valence-electron chi connectivity index (χ1n) is 8.77. The second-order valence-electron chi connectivity index (χ2n) is 6.56. The zero-order valence-corrected chi connectivity index (χ0v) is 13.9. The van der Waals surface area contributed by atoms with E-state index in [0.717, 1.165) is 51.7 Å². The number of hydrogen-bond donors (Lipinski definition) is 1. The van der Waals surface area contributed by atoms with E-state index in [4.69, 9.17) is 10.00 Å². The van der Waals surface area contributed by atoms with Crippen LogP contribution in [-0.2, 0) is 4.79 Å². The van der Waals surface area contributed by atoms with Crippen LogP contribution in [0.5, 0.6) is 5.88 Å². The van der Waals surface area contributed by atoms with Gasteiger partial charge in [0.2, 0.25) is 11.8 Å². The van der Waals surface area contributed by atoms with Gasteiger partial charge in [-0.1, -0.05) is 0 Å². The molecule has 0 bridgehead atoms. The van der Waals surface area contributed by atoms with E-state index in [2.05, 4.69) is 21.3 Å². The van der Waals surface area contributed by atoms with Crippen LogP contribution in [0.15, 0.2) is 18.3 Å². The first-order valence-corrected chi connectivity index (χ1v) is 8.77. The Kier molecular flexibility index (Phi) is 5.65. The van der Waals surface area contributed by atoms with Crippen LogP contribution in [0.4, 0.5) is 0 Å². The monoisotopic (exact) mass is 328 g/mol. The first-order chi connectivity index (χ1) is 11.8. The number of aromatic nitrogens is 1. The number of nitriles is 1. The molecule has 0 spiro atoms. The van der Waals surface area contributed by atoms with E-state index in [-0.39, 0.29) is 11.9 Å². The molecule has 6 heteroatoms. The molecule has 24 heavy (non-hydrogen) atoms. The number of amides is 1. The van der Waals surface area contributed by atoms with E-state index in [1.54, 1.807) is 18.3 Å². The number of nitrogens with zero attached hydrogens (tertiary/aromatic N) is 3. The van der Waals surface area contributed by atoms with E-state index in [0.29, 0.717) is 24.0 Å². The topological polar surface area (TPSA) is 78.2 Å². The Morgan fingerprint density at radius 1 is 1.33 bits per heavy atom. The highest BCUT2D eigenvalue weighted by Crippen LogP contribution is 2.23. The van der Waals surface area contributed by atoms with Crippen molar-refractivity contribution in [2.75, 3.05) is 26.2 Å². The normalized spacial score (nSPS) is 23.1. The smallest absolute Gasteiger partial charge is 0.237 e. The molecule has 0 aromatic carbocycles. The summed E-state index contributed by atoms with van der Waals surface area (Å²) < 4.78 is 5.76. The molecule has 128 valence electrons. The molecule has 1 amide bonds. The van der Waals surface area contributed by atoms with Crippen LogP contribution in [0, 0.1) is 17.2 Å². The Morgan fingerprint density at radius 3 is 2.96 bits per heavy atom. The summed E-state index contributed by atoms with van der Waals surface area (Å²) in [5, 5.41) is 12.1. The molecule has 1 atom stereocenters. The average molecular weight is 328 g/mol. The number of hydrogen-bond acceptors (Lipinski definition) is 5. The third-order valence-corrected chi connectivity index (χ3v) is 4.94. The fourth-order valence-electron chi connectivity index (χ4n) is 3.49. The van der Waals surface area contributed by atoms with Gasteiger partial charge in [0.25, 0.3) is 0 Å². The minimum Gasteiger partial charge on any atom is -0.476 e. The van der Waals surface area contributed by atoms with Gasteiger partial charge in [-0.25, -0.2) is 4.98 Å². The van der Waals surface area contributed by atoms with Gasteiger partial charge in [0.05, 0.1) is 12.6 Å². The molecule has 3 rings (SSSR count). The van der Waals surface area contributed by atoms with Crippen molar-refractivity contribution in [2.24, 2.45) is 5.92 Å². The number of piperidine rings is 1. The Balaban J connectivity index is 1.48. The largest absolute Gasteiger partial charge is 0.476 e. The summed E-state index contributed by atoms with van der Waals surface area (Å²) in [5.41, 5.74) is 0.477. The van der Waals surface area contributed by atoms with Crippen molar-refractivity contribution in [1.82, 2.24) is 15.2 Å². The average Bonchev–Trinajstić information content (AvgIpc) is 2.85. The van der Waals surface area contributed by atoms with E-state index in [1.807, 2.05) is 0 Å². The van der Waals surface area contributed by atoms with Crippen LogP contribution in [0.1, 0.15) is 37.7 Å². The van der Waals surface area contributed by atoms with E-state index in [1.165, 1.54) is 0 Å². The quantitative estimate of drug-likeness (QED) is 0.910. The highest BCUT2D eigenvalue weighted by molar-refractivity contribution is 5.81. The Labute approximate surface area is 142 Å². The van der Waals surface area contributed by atoms with Crippen molar-refractivity contribution < 1.29 is 9.53 Å². The molecule has 2 saturated heterocycles. The second-order valence-corrected chi connectivity index (χ2v) is 6.56. The van der Waals surface area contributed by atoms with Crippen molar-refractivity contribution in [3.8, 4) is 11.9 Å². The SMILES string of the molecule is N#Cc1cccnc1OCC1CCN(C2CCCCNC2=O)CC1. The summed E-state index contributed by atoms with van der Waals surface area (Å²) in [6.07, 6.45) is 6.83. The van der Waals surface area contributed by atoms with Gasteiger partial charge in [0.1, 0.15) is 11.6 Å². The molecular formula is C18H24N4O2. The maximum absolute atomic E-state index is 12.2. The predicted octanol–water partition coefficient (Wildman–Crippen LogP) is 1.71. The lowest BCUT2D eigenvalue weighted by Gasteiger charge is -2.36. The van der Waals surface area contributed by atoms with Crippen molar-refractivity contribution in [1.29, 1.82) is 5.26 Å². The molecule has 0 radical (unpaired) electrons. The summed E-state index contributed by atoms with van der Waals surface area (Å²) >= 11 is 0. The summed E-state index contributed by atoms with van der Waals surface area (Å²) in [4.78, 5) is 18.6. The number of carbonyl (C=O) groups is 1. The first kappa shape index (κ1) is 16.7. The van der Waals surface area contributed by atoms with Crippen LogP contribution in [0.2, 0.25) is 0 Å². The van der Waals surface area contributed by atoms with Crippen LogP contribution < -0.4 is 10.1 Å². The summed E-state index contributed by atoms with van der Waals surface area (Å²) in [6, 6.07) is 5.60. The van der Waals surface area contributed by atoms with Crippen LogP contribution in [0.25, 0.3) is 0 Å². The van der Waals surface area contributed by atoms with Gasteiger partial charge >= 0.3 is 0 Å². The molecule has 2 fully saturated rings. The Bertz CT molecular complexity index is 605. The van der Waals surface area contributed by atoms with Crippen molar-refractivity contribution in [3.05, 3.63) is 23.9 Å². The van der Waals surface area contributed by atoms with E-state index < -0.39 is 0 Å². The van der Waals surface area contributed by atoms with Gasteiger partial charge in [-0.15, -0.1) is 0 Å². The second kappa shape index (κ2) is 8.11. The molecule has 0 aliphatic carbocycles. The van der Waals surface area contributed by atoms with Crippen LogP contribution >= 0.6 is 0 Å². The van der Waals surface area contributed by atoms with E-state index >= 15 is 0 Å². The minimum absolute atomic E-state index is 0.0374. The predicted molar refractivity (Wildman–Crippen MR) is 89.4 cm³/mol. The maximum atomic E-state index is 12.2. The summed E-state index contributed by atoms with van der Waals surface area (Å²) in [7, 11) is 0. The third-order valence-electron chi connectivity index (χ3n) is 4.94. The summed E-state index contributed by atoms with van der Waals surface area (Å²) in [5.74, 6) is 1.06. The fourth-order valence-corrected chi connectivity index (χ4v) is 3.49. The van der Waals surface area contributed by atoms with Crippen molar-refractivity contribution >= 4 is 5.91 Å². The number of nitrogens with one attached hydrogen (secondary N) is 1. The van der Waals surface area contributed by atoms with Gasteiger partial charge in [-0.05, 0) is 63.2 Å². The van der Waals surface area contributed by atoms with Gasteiger partial charge in [0.15, 0.2) is 0 Å². The van der Waals surface area contributed by atoms with Gasteiger partial charge < -0.3 is 10.1 Å². The fraction of sp³-hybridized carbons (Fsp3) is 0.611. The lowest BCUT2D eigenvalue weighted by Crippen LogP contribution is -2.49. The third kappa shape index (κ3) is 4.04. The molecule has 1 aromatic heterocycles. The highest BCUT2D eigenvalue weighted by atomic mass is 16.5. The molecule has 1 N–H and O–H groups in total. The lowest BCUT2D eigenvalue weighted by molar-refractivity contribution is -0.126. The maximum Gasteiger partial charge on any atom is 0.237 e. The van der Waals surface area contributed by atoms with Crippen molar-refractivity contribution in [2.45, 2.75) is 38.1 Å². The number of likely N-dealkylation sites (tertiary alicyclic amines) is 1. The highest BCUT2D eigenvalue weighted by Gasteiger charge is 2.30.